The van der Waals surface area contributed by atoms with Crippen LogP contribution in [-0.4, -0.2) is 73.1 Å². The summed E-state index contributed by atoms with van der Waals surface area (Å²) in [5.74, 6) is -3.13. The number of Topliss-reactive ketones (excluding diaryl/α,β-unsaturated/α-hetero) is 1. The minimum atomic E-state index is -3.51. The van der Waals surface area contributed by atoms with Crippen molar-refractivity contribution in [3.05, 3.63) is 71.1 Å². The van der Waals surface area contributed by atoms with Crippen LogP contribution in [0.1, 0.15) is 37.7 Å². The van der Waals surface area contributed by atoms with Gasteiger partial charge in [-0.1, -0.05) is 42.5 Å². The molecule has 0 spiro atoms. The standard InChI is InChI=1S/C31H38N4O6S2/c1-32-30(37)29-26(16-18-35(34-29)17-15-22-8-5-6-12-25(22)27-20-42-21-33-27)28(36)14-13-23(31(38)39)9-7-19-43(40,41)24-10-3-2-4-11-24/h2-6,8,10-12,20-21,23,26,29,34H,7,9,13-19H2,1H3,(H,32,37)(H,38,39)/t23-,26+,29+/m1/s1. The Labute approximate surface area is 256 Å². The Morgan fingerprint density at radius 3 is 2.56 bits per heavy atom. The third-order valence-corrected chi connectivity index (χ3v) is 10.3. The molecule has 1 saturated heterocycles. The molecule has 4 rings (SSSR count). The smallest absolute Gasteiger partial charge is 0.306 e. The summed E-state index contributed by atoms with van der Waals surface area (Å²) in [5, 5.41) is 16.4. The van der Waals surface area contributed by atoms with E-state index in [1.165, 1.54) is 19.2 Å². The fourth-order valence-electron chi connectivity index (χ4n) is 5.48. The number of sulfone groups is 1. The van der Waals surface area contributed by atoms with Crippen molar-refractivity contribution in [2.24, 2.45) is 11.8 Å². The number of nitrogens with zero attached hydrogens (tertiary/aromatic N) is 2. The van der Waals surface area contributed by atoms with Crippen LogP contribution in [0.5, 0.6) is 0 Å². The molecule has 3 N–H and O–H groups in total. The fourth-order valence-corrected chi connectivity index (χ4v) is 7.39. The lowest BCUT2D eigenvalue weighted by Gasteiger charge is -2.38. The van der Waals surface area contributed by atoms with Crippen LogP contribution in [-0.2, 0) is 30.6 Å². The van der Waals surface area contributed by atoms with Gasteiger partial charge in [0, 0.05) is 43.4 Å². The molecule has 10 nitrogen and oxygen atoms in total. The summed E-state index contributed by atoms with van der Waals surface area (Å²) >= 11 is 1.54. The van der Waals surface area contributed by atoms with Gasteiger partial charge in [-0.2, -0.15) is 0 Å². The number of carbonyl (C=O) groups is 3. The summed E-state index contributed by atoms with van der Waals surface area (Å²) in [4.78, 5) is 42.7. The van der Waals surface area contributed by atoms with Crippen LogP contribution in [0.2, 0.25) is 0 Å². The van der Waals surface area contributed by atoms with Gasteiger partial charge in [-0.3, -0.25) is 14.4 Å². The second-order valence-electron chi connectivity index (χ2n) is 10.7. The molecule has 3 atom stereocenters. The van der Waals surface area contributed by atoms with Crippen molar-refractivity contribution in [1.82, 2.24) is 20.7 Å². The van der Waals surface area contributed by atoms with E-state index in [9.17, 15) is 27.9 Å². The maximum absolute atomic E-state index is 13.3. The van der Waals surface area contributed by atoms with Crippen LogP contribution in [0.3, 0.4) is 0 Å². The van der Waals surface area contributed by atoms with E-state index in [0.717, 1.165) is 23.2 Å². The molecule has 2 heterocycles. The lowest BCUT2D eigenvalue weighted by Crippen LogP contribution is -2.61. The van der Waals surface area contributed by atoms with Gasteiger partial charge in [-0.25, -0.2) is 23.8 Å². The van der Waals surface area contributed by atoms with E-state index in [2.05, 4.69) is 21.8 Å². The van der Waals surface area contributed by atoms with E-state index in [-0.39, 0.29) is 48.0 Å². The number of amides is 1. The largest absolute Gasteiger partial charge is 0.481 e. The molecule has 0 bridgehead atoms. The summed E-state index contributed by atoms with van der Waals surface area (Å²) in [6.07, 6.45) is 1.60. The molecule has 43 heavy (non-hydrogen) atoms. The maximum Gasteiger partial charge on any atom is 0.306 e. The van der Waals surface area contributed by atoms with Crippen molar-refractivity contribution in [2.75, 3.05) is 25.9 Å². The van der Waals surface area contributed by atoms with E-state index >= 15 is 0 Å². The zero-order valence-corrected chi connectivity index (χ0v) is 25.8. The van der Waals surface area contributed by atoms with E-state index in [1.54, 1.807) is 35.0 Å². The number of thiazole rings is 1. The Bertz CT molecular complexity index is 1480. The van der Waals surface area contributed by atoms with Gasteiger partial charge in [0.05, 0.1) is 27.8 Å². The Morgan fingerprint density at radius 2 is 1.86 bits per heavy atom. The first-order chi connectivity index (χ1) is 20.7. The number of ketones is 1. The highest BCUT2D eigenvalue weighted by Gasteiger charge is 2.38. The van der Waals surface area contributed by atoms with Gasteiger partial charge < -0.3 is 10.4 Å². The first-order valence-electron chi connectivity index (χ1n) is 14.4. The maximum atomic E-state index is 13.3. The van der Waals surface area contributed by atoms with Crippen molar-refractivity contribution in [1.29, 1.82) is 0 Å². The van der Waals surface area contributed by atoms with E-state index < -0.39 is 33.7 Å². The van der Waals surface area contributed by atoms with Gasteiger partial charge in [-0.05, 0) is 49.8 Å². The van der Waals surface area contributed by atoms with Crippen molar-refractivity contribution in [3.8, 4) is 11.3 Å². The number of carbonyl (C=O) groups excluding carboxylic acids is 2. The highest BCUT2D eigenvalue weighted by molar-refractivity contribution is 7.91. The first kappa shape index (κ1) is 32.5. The van der Waals surface area contributed by atoms with Gasteiger partial charge >= 0.3 is 5.97 Å². The monoisotopic (exact) mass is 626 g/mol. The number of likely N-dealkylation sites (N-methyl/N-ethyl adjacent to an activating group) is 1. The topological polar surface area (TPSA) is 146 Å². The molecule has 0 unspecified atom stereocenters. The molecule has 230 valence electrons. The van der Waals surface area contributed by atoms with Crippen molar-refractivity contribution < 1.29 is 27.9 Å². The molecule has 1 amide bonds. The predicted molar refractivity (Wildman–Crippen MR) is 165 cm³/mol. The normalized spacial score (nSPS) is 18.2. The van der Waals surface area contributed by atoms with Crippen molar-refractivity contribution >= 4 is 38.8 Å². The number of aromatic nitrogens is 1. The number of carboxylic acid groups (broad SMARTS) is 1. The fraction of sp³-hybridized carbons (Fsp3) is 0.419. The molecule has 12 heteroatoms. The molecule has 3 aromatic rings. The molecule has 0 radical (unpaired) electrons. The Morgan fingerprint density at radius 1 is 1.12 bits per heavy atom. The van der Waals surface area contributed by atoms with E-state index in [1.807, 2.05) is 28.6 Å². The zero-order valence-electron chi connectivity index (χ0n) is 24.1. The first-order valence-corrected chi connectivity index (χ1v) is 17.0. The number of hydrogen-bond acceptors (Lipinski definition) is 9. The number of aliphatic carboxylic acids is 1. The zero-order chi connectivity index (χ0) is 30.8. The minimum absolute atomic E-state index is 0.00323. The van der Waals surface area contributed by atoms with Gasteiger partial charge in [0.15, 0.2) is 9.84 Å². The Kier molecular flexibility index (Phi) is 11.6. The van der Waals surface area contributed by atoms with Crippen LogP contribution in [0.15, 0.2) is 70.4 Å². The number of carboxylic acids is 1. The molecule has 2 aromatic carbocycles. The molecule has 1 aliphatic heterocycles. The van der Waals surface area contributed by atoms with Crippen LogP contribution in [0, 0.1) is 11.8 Å². The number of hydrogen-bond donors (Lipinski definition) is 3. The van der Waals surface area contributed by atoms with Gasteiger partial charge in [0.25, 0.3) is 0 Å². The molecule has 1 aliphatic rings. The molecular weight excluding hydrogens is 588 g/mol. The lowest BCUT2D eigenvalue weighted by atomic mass is 9.85. The number of nitrogens with one attached hydrogen (secondary N) is 2. The number of rotatable bonds is 15. The van der Waals surface area contributed by atoms with Gasteiger partial charge in [-0.15, -0.1) is 11.3 Å². The highest BCUT2D eigenvalue weighted by Crippen LogP contribution is 2.26. The Balaban J connectivity index is 1.31. The average Bonchev–Trinajstić information content (AvgIpc) is 3.56. The van der Waals surface area contributed by atoms with Gasteiger partial charge in [0.1, 0.15) is 11.8 Å². The number of benzene rings is 2. The average molecular weight is 627 g/mol. The van der Waals surface area contributed by atoms with E-state index in [0.29, 0.717) is 19.5 Å². The second kappa shape index (κ2) is 15.3. The number of hydrazine groups is 1. The lowest BCUT2D eigenvalue weighted by molar-refractivity contribution is -0.143. The second-order valence-corrected chi connectivity index (χ2v) is 13.5. The summed E-state index contributed by atoms with van der Waals surface area (Å²) in [5.41, 5.74) is 8.19. The summed E-state index contributed by atoms with van der Waals surface area (Å²) in [6.45, 7) is 1.19. The third kappa shape index (κ3) is 8.79. The van der Waals surface area contributed by atoms with Crippen LogP contribution >= 0.6 is 11.3 Å². The van der Waals surface area contributed by atoms with E-state index in [4.69, 9.17) is 0 Å². The minimum Gasteiger partial charge on any atom is -0.481 e. The molecular formula is C31H38N4O6S2. The van der Waals surface area contributed by atoms with Crippen molar-refractivity contribution in [3.63, 3.8) is 0 Å². The van der Waals surface area contributed by atoms with Gasteiger partial charge in [0.2, 0.25) is 5.91 Å². The molecule has 1 aromatic heterocycles. The SMILES string of the molecule is CNC(=O)[C@H]1NN(CCc2ccccc2-c2cscn2)CC[C@H]1C(=O)CC[C@@H](CCCS(=O)(=O)c1ccccc1)C(=O)O. The quantitative estimate of drug-likeness (QED) is 0.230. The van der Waals surface area contributed by atoms with Crippen molar-refractivity contribution in [2.45, 2.75) is 49.5 Å². The molecule has 0 aliphatic carbocycles. The van der Waals surface area contributed by atoms with Crippen LogP contribution in [0.4, 0.5) is 0 Å². The molecule has 0 saturated carbocycles. The Hall–Kier alpha value is -3.45. The summed E-state index contributed by atoms with van der Waals surface area (Å²) < 4.78 is 25.1. The predicted octanol–water partition coefficient (Wildman–Crippen LogP) is 3.60. The summed E-state index contributed by atoms with van der Waals surface area (Å²) in [6, 6.07) is 15.4. The highest BCUT2D eigenvalue weighted by atomic mass is 32.2. The third-order valence-electron chi connectivity index (χ3n) is 7.91. The van der Waals surface area contributed by atoms with Crippen LogP contribution in [0.25, 0.3) is 11.3 Å². The summed E-state index contributed by atoms with van der Waals surface area (Å²) in [7, 11) is -1.99. The van der Waals surface area contributed by atoms with Crippen LogP contribution < -0.4 is 10.7 Å². The molecule has 1 fully saturated rings.